The predicted molar refractivity (Wildman–Crippen MR) is 12.1 cm³/mol. The van der Waals surface area contributed by atoms with Gasteiger partial charge in [0, 0.05) is 24.4 Å². The molecule has 4 heavy (non-hydrogen) atoms. The molecule has 0 spiro atoms. The zero-order valence-corrected chi connectivity index (χ0v) is 4.30. The van der Waals surface area contributed by atoms with Crippen molar-refractivity contribution in [1.82, 2.24) is 0 Å². The van der Waals surface area contributed by atoms with Crippen LogP contribution in [0.5, 0.6) is 0 Å². The van der Waals surface area contributed by atoms with E-state index in [2.05, 4.69) is 5.04 Å². The molecular formula is H2O3Sb. The molecule has 0 bridgehead atoms. The fraction of sp³-hybridized carbons (Fsp3) is 0. The van der Waals surface area contributed by atoms with Crippen LogP contribution in [0.3, 0.4) is 0 Å². The van der Waals surface area contributed by atoms with Gasteiger partial charge < -0.3 is 0 Å². The minimum Gasteiger partial charge on any atom is -0.221 e. The summed E-state index contributed by atoms with van der Waals surface area (Å²) in [5.74, 6) is 0. The van der Waals surface area contributed by atoms with E-state index in [1.54, 1.807) is 0 Å². The van der Waals surface area contributed by atoms with Crippen LogP contribution in [-0.4, -0.2) is 34.9 Å². The van der Waals surface area contributed by atoms with Gasteiger partial charge in [0.1, 0.15) is 0 Å². The average Bonchev–Trinajstić information content (AvgIpc) is 0.918. The first kappa shape index (κ1) is 8.83. The molecule has 0 aromatic heterocycles. The van der Waals surface area contributed by atoms with Crippen LogP contribution < -0.4 is 0 Å². The second kappa shape index (κ2) is 9.34. The SMILES string of the molecule is OOO.[Sb]. The molecule has 0 saturated carbocycles. The molecule has 0 aromatic carbocycles. The Balaban J connectivity index is 0. The van der Waals surface area contributed by atoms with E-state index in [-0.39, 0.29) is 24.4 Å². The van der Waals surface area contributed by atoms with Crippen LogP contribution in [0.15, 0.2) is 0 Å². The maximum atomic E-state index is 6.62. The van der Waals surface area contributed by atoms with Gasteiger partial charge in [0.25, 0.3) is 0 Å². The minimum atomic E-state index is 0. The van der Waals surface area contributed by atoms with Crippen molar-refractivity contribution in [2.75, 3.05) is 0 Å². The fourth-order valence-electron chi connectivity index (χ4n) is 0. The first-order valence-electron chi connectivity index (χ1n) is 0.365. The monoisotopic (exact) mass is 171 g/mol. The number of rotatable bonds is 0. The molecule has 0 heterocycles. The maximum Gasteiger partial charge on any atom is 0 e. The molecule has 25 valence electrons. The third-order valence-electron chi connectivity index (χ3n) is 0. The van der Waals surface area contributed by atoms with Crippen molar-refractivity contribution >= 4 is 24.4 Å². The van der Waals surface area contributed by atoms with Crippen LogP contribution >= 0.6 is 0 Å². The van der Waals surface area contributed by atoms with Crippen molar-refractivity contribution in [2.45, 2.75) is 0 Å². The summed E-state index contributed by atoms with van der Waals surface area (Å²) >= 11 is 0. The van der Waals surface area contributed by atoms with Gasteiger partial charge in [-0.2, -0.15) is 0 Å². The zero-order chi connectivity index (χ0) is 2.71. The Bertz CT molecular complexity index is 3.25. The summed E-state index contributed by atoms with van der Waals surface area (Å²) in [6, 6.07) is 0. The van der Waals surface area contributed by atoms with Gasteiger partial charge in [-0.15, -0.1) is 0 Å². The normalized spacial score (nSPS) is 4.50. The van der Waals surface area contributed by atoms with Crippen molar-refractivity contribution in [3.8, 4) is 0 Å². The van der Waals surface area contributed by atoms with E-state index >= 15 is 0 Å². The van der Waals surface area contributed by atoms with Crippen molar-refractivity contribution in [3.63, 3.8) is 0 Å². The van der Waals surface area contributed by atoms with Crippen LogP contribution in [-0.2, 0) is 5.04 Å². The average molecular weight is 172 g/mol. The van der Waals surface area contributed by atoms with Gasteiger partial charge in [-0.25, -0.2) is 10.5 Å². The Morgan fingerprint density at radius 3 is 1.25 bits per heavy atom. The van der Waals surface area contributed by atoms with Gasteiger partial charge in [0.2, 0.25) is 0 Å². The molecule has 0 aliphatic rings. The maximum absolute atomic E-state index is 6.62. The smallest absolute Gasteiger partial charge is 0 e. The Hall–Kier alpha value is 0.698. The van der Waals surface area contributed by atoms with Crippen LogP contribution in [0.2, 0.25) is 0 Å². The van der Waals surface area contributed by atoms with Gasteiger partial charge in [-0.1, -0.05) is 5.04 Å². The number of hydrogen-bond donors (Lipinski definition) is 2. The van der Waals surface area contributed by atoms with E-state index in [1.807, 2.05) is 0 Å². The van der Waals surface area contributed by atoms with E-state index < -0.39 is 0 Å². The molecular weight excluding hydrogens is 170 g/mol. The van der Waals surface area contributed by atoms with Gasteiger partial charge in [-0.3, -0.25) is 0 Å². The van der Waals surface area contributed by atoms with Crippen LogP contribution in [0.1, 0.15) is 0 Å². The molecule has 0 aliphatic heterocycles. The second-order valence-corrected chi connectivity index (χ2v) is 0.0816. The summed E-state index contributed by atoms with van der Waals surface area (Å²) < 4.78 is 0. The summed E-state index contributed by atoms with van der Waals surface area (Å²) in [4.78, 5) is 0. The van der Waals surface area contributed by atoms with Gasteiger partial charge in [-0.05, 0) is 0 Å². The summed E-state index contributed by atoms with van der Waals surface area (Å²) in [7, 11) is 0. The molecule has 0 amide bonds. The predicted octanol–water partition coefficient (Wildman–Crippen LogP) is -0.432. The molecule has 3 radical (unpaired) electrons. The van der Waals surface area contributed by atoms with Crippen LogP contribution in [0, 0.1) is 0 Å². The zero-order valence-electron chi connectivity index (χ0n) is 1.75. The van der Waals surface area contributed by atoms with Crippen molar-refractivity contribution in [3.05, 3.63) is 0 Å². The molecule has 0 unspecified atom stereocenters. The third-order valence-corrected chi connectivity index (χ3v) is 0. The quantitative estimate of drug-likeness (QED) is 0.296. The van der Waals surface area contributed by atoms with Crippen molar-refractivity contribution < 1.29 is 15.6 Å². The Labute approximate surface area is 40.5 Å². The molecule has 0 aromatic rings. The third kappa shape index (κ3) is 16.0. The fourth-order valence-corrected chi connectivity index (χ4v) is 0. The first-order valence-corrected chi connectivity index (χ1v) is 0.365. The summed E-state index contributed by atoms with van der Waals surface area (Å²) in [6.07, 6.45) is 0. The van der Waals surface area contributed by atoms with E-state index in [0.29, 0.717) is 0 Å². The van der Waals surface area contributed by atoms with E-state index in [0.717, 1.165) is 0 Å². The molecule has 2 N–H and O–H groups in total. The Morgan fingerprint density at radius 2 is 1.25 bits per heavy atom. The van der Waals surface area contributed by atoms with E-state index in [4.69, 9.17) is 10.5 Å². The molecule has 4 heteroatoms. The molecule has 0 saturated heterocycles. The van der Waals surface area contributed by atoms with E-state index in [9.17, 15) is 0 Å². The molecule has 0 rings (SSSR count). The largest absolute Gasteiger partial charge is 0.221 e. The minimum absolute atomic E-state index is 0. The van der Waals surface area contributed by atoms with Gasteiger partial charge >= 0.3 is 0 Å². The van der Waals surface area contributed by atoms with Crippen LogP contribution in [0.4, 0.5) is 0 Å². The standard InChI is InChI=1S/H2O3.Sb/c1-3-2;/h1-2H;. The first-order chi connectivity index (χ1) is 1.41. The van der Waals surface area contributed by atoms with Crippen molar-refractivity contribution in [1.29, 1.82) is 0 Å². The van der Waals surface area contributed by atoms with E-state index in [1.165, 1.54) is 0 Å². The summed E-state index contributed by atoms with van der Waals surface area (Å²) in [5.41, 5.74) is 0. The second-order valence-electron chi connectivity index (χ2n) is 0.0816. The molecule has 0 aliphatic carbocycles. The topological polar surface area (TPSA) is 49.7 Å². The van der Waals surface area contributed by atoms with Crippen molar-refractivity contribution in [2.24, 2.45) is 0 Å². The van der Waals surface area contributed by atoms with Crippen LogP contribution in [0.25, 0.3) is 0 Å². The Kier molecular flexibility index (Phi) is 20.6. The summed E-state index contributed by atoms with van der Waals surface area (Å²) in [5, 5.41) is 15.5. The molecule has 3 nitrogen and oxygen atoms in total. The van der Waals surface area contributed by atoms with Gasteiger partial charge in [0.15, 0.2) is 0 Å². The van der Waals surface area contributed by atoms with Gasteiger partial charge in [0.05, 0.1) is 0 Å². The summed E-state index contributed by atoms with van der Waals surface area (Å²) in [6.45, 7) is 0. The molecule has 0 fully saturated rings. The Morgan fingerprint density at radius 1 is 1.25 bits per heavy atom. The number of hydrogen-bond acceptors (Lipinski definition) is 3. The molecule has 0 atom stereocenters.